The normalized spacial score (nSPS) is 45.4. The molecule has 1 aliphatic heterocycles. The van der Waals surface area contributed by atoms with Crippen LogP contribution in [0, 0.1) is 11.3 Å². The van der Waals surface area contributed by atoms with E-state index in [1.807, 2.05) is 0 Å². The van der Waals surface area contributed by atoms with Crippen LogP contribution in [0.3, 0.4) is 0 Å². The van der Waals surface area contributed by atoms with Crippen molar-refractivity contribution in [1.82, 2.24) is 0 Å². The molecular formula is C9H14O. The van der Waals surface area contributed by atoms with Crippen LogP contribution < -0.4 is 0 Å². The van der Waals surface area contributed by atoms with Gasteiger partial charge in [0.15, 0.2) is 0 Å². The summed E-state index contributed by atoms with van der Waals surface area (Å²) < 4.78 is 5.36. The van der Waals surface area contributed by atoms with Gasteiger partial charge in [-0.25, -0.2) is 0 Å². The Balaban J connectivity index is 1.92. The highest BCUT2D eigenvalue weighted by Crippen LogP contribution is 2.51. The van der Waals surface area contributed by atoms with Crippen molar-refractivity contribution >= 4 is 0 Å². The lowest BCUT2D eigenvalue weighted by Crippen LogP contribution is -2.36. The predicted octanol–water partition coefficient (Wildman–Crippen LogP) is 1.99. The Morgan fingerprint density at radius 1 is 1.50 bits per heavy atom. The molecule has 56 valence electrons. The maximum Gasteiger partial charge on any atom is 0.0523 e. The second-order valence-electron chi connectivity index (χ2n) is 3.71. The van der Waals surface area contributed by atoms with Crippen molar-refractivity contribution in [3.05, 3.63) is 12.7 Å². The lowest BCUT2D eigenvalue weighted by molar-refractivity contribution is 0.0596. The number of ether oxygens (including phenoxy) is 1. The zero-order valence-corrected chi connectivity index (χ0v) is 6.31. The van der Waals surface area contributed by atoms with Gasteiger partial charge in [-0.3, -0.25) is 0 Å². The fourth-order valence-corrected chi connectivity index (χ4v) is 2.19. The van der Waals surface area contributed by atoms with E-state index in [1.54, 1.807) is 0 Å². The summed E-state index contributed by atoms with van der Waals surface area (Å²) in [5.74, 6) is 0.793. The van der Waals surface area contributed by atoms with E-state index in [0.717, 1.165) is 19.1 Å². The van der Waals surface area contributed by atoms with Crippen LogP contribution in [0.2, 0.25) is 0 Å². The van der Waals surface area contributed by atoms with Gasteiger partial charge in [-0.15, -0.1) is 6.58 Å². The average molecular weight is 138 g/mol. The highest BCUT2D eigenvalue weighted by atomic mass is 16.5. The summed E-state index contributed by atoms with van der Waals surface area (Å²) in [7, 11) is 0. The summed E-state index contributed by atoms with van der Waals surface area (Å²) in [5.41, 5.74) is 0.596. The van der Waals surface area contributed by atoms with Crippen molar-refractivity contribution in [3.63, 3.8) is 0 Å². The predicted molar refractivity (Wildman–Crippen MR) is 40.8 cm³/mol. The van der Waals surface area contributed by atoms with Crippen LogP contribution in [-0.2, 0) is 4.74 Å². The van der Waals surface area contributed by atoms with Gasteiger partial charge < -0.3 is 4.74 Å². The third kappa shape index (κ3) is 0.807. The standard InChI is InChI=1S/C9H14O/c1-2-8-5-9(6-8)3-4-10-7-9/h2,8H,1,3-7H2. The number of hydrogen-bond donors (Lipinski definition) is 0. The van der Waals surface area contributed by atoms with Gasteiger partial charge >= 0.3 is 0 Å². The Morgan fingerprint density at radius 2 is 2.30 bits per heavy atom. The first-order valence-corrected chi connectivity index (χ1v) is 4.05. The van der Waals surface area contributed by atoms with Gasteiger partial charge in [-0.05, 0) is 30.6 Å². The summed E-state index contributed by atoms with van der Waals surface area (Å²) in [6.45, 7) is 5.80. The quantitative estimate of drug-likeness (QED) is 0.503. The van der Waals surface area contributed by atoms with Crippen LogP contribution in [0.25, 0.3) is 0 Å². The molecule has 0 amide bonds. The Bertz CT molecular complexity index is 137. The minimum Gasteiger partial charge on any atom is -0.381 e. The van der Waals surface area contributed by atoms with Crippen molar-refractivity contribution in [2.75, 3.05) is 13.2 Å². The number of allylic oxidation sites excluding steroid dienone is 1. The Kier molecular flexibility index (Phi) is 1.34. The Labute approximate surface area is 62.1 Å². The largest absolute Gasteiger partial charge is 0.381 e. The van der Waals surface area contributed by atoms with Crippen molar-refractivity contribution in [2.45, 2.75) is 19.3 Å². The smallest absolute Gasteiger partial charge is 0.0523 e. The zero-order valence-electron chi connectivity index (χ0n) is 6.31. The molecular weight excluding hydrogens is 124 g/mol. The van der Waals surface area contributed by atoms with Gasteiger partial charge in [0, 0.05) is 6.61 Å². The molecule has 10 heavy (non-hydrogen) atoms. The molecule has 1 aliphatic carbocycles. The first-order valence-electron chi connectivity index (χ1n) is 4.05. The molecule has 0 N–H and O–H groups in total. The summed E-state index contributed by atoms with van der Waals surface area (Å²) in [5, 5.41) is 0. The van der Waals surface area contributed by atoms with Crippen LogP contribution in [0.4, 0.5) is 0 Å². The second kappa shape index (κ2) is 2.09. The number of hydrogen-bond acceptors (Lipinski definition) is 1. The topological polar surface area (TPSA) is 9.23 Å². The highest BCUT2D eigenvalue weighted by molar-refractivity contribution is 5.01. The first kappa shape index (κ1) is 6.41. The molecule has 1 saturated carbocycles. The molecule has 0 bridgehead atoms. The van der Waals surface area contributed by atoms with E-state index < -0.39 is 0 Å². The van der Waals surface area contributed by atoms with Crippen molar-refractivity contribution < 1.29 is 4.74 Å². The molecule has 0 radical (unpaired) electrons. The van der Waals surface area contributed by atoms with Gasteiger partial charge in [0.2, 0.25) is 0 Å². The van der Waals surface area contributed by atoms with E-state index in [2.05, 4.69) is 12.7 Å². The maximum absolute atomic E-state index is 5.36. The van der Waals surface area contributed by atoms with Crippen molar-refractivity contribution in [2.24, 2.45) is 11.3 Å². The molecule has 0 atom stereocenters. The number of rotatable bonds is 1. The van der Waals surface area contributed by atoms with Crippen LogP contribution in [0.15, 0.2) is 12.7 Å². The van der Waals surface area contributed by atoms with Crippen LogP contribution >= 0.6 is 0 Å². The first-order chi connectivity index (χ1) is 4.85. The van der Waals surface area contributed by atoms with E-state index >= 15 is 0 Å². The molecule has 1 nitrogen and oxygen atoms in total. The summed E-state index contributed by atoms with van der Waals surface area (Å²) in [6.07, 6.45) is 6.04. The van der Waals surface area contributed by atoms with Gasteiger partial charge in [0.05, 0.1) is 6.61 Å². The van der Waals surface area contributed by atoms with E-state index in [0.29, 0.717) is 5.41 Å². The van der Waals surface area contributed by atoms with Crippen molar-refractivity contribution in [1.29, 1.82) is 0 Å². The molecule has 2 fully saturated rings. The lowest BCUT2D eigenvalue weighted by Gasteiger charge is -2.42. The lowest BCUT2D eigenvalue weighted by atomic mass is 9.62. The molecule has 0 aromatic rings. The van der Waals surface area contributed by atoms with Crippen LogP contribution in [0.1, 0.15) is 19.3 Å². The Morgan fingerprint density at radius 3 is 2.80 bits per heavy atom. The fourth-order valence-electron chi connectivity index (χ4n) is 2.19. The molecule has 1 saturated heterocycles. The summed E-state index contributed by atoms with van der Waals surface area (Å²) in [4.78, 5) is 0. The SMILES string of the molecule is C=CC1CC2(CCOC2)C1. The highest BCUT2D eigenvalue weighted by Gasteiger charge is 2.45. The van der Waals surface area contributed by atoms with Crippen molar-refractivity contribution in [3.8, 4) is 0 Å². The van der Waals surface area contributed by atoms with E-state index in [-0.39, 0.29) is 0 Å². The van der Waals surface area contributed by atoms with Gasteiger partial charge in [0.25, 0.3) is 0 Å². The minimum atomic E-state index is 0.596. The van der Waals surface area contributed by atoms with Gasteiger partial charge in [0.1, 0.15) is 0 Å². The zero-order chi connectivity index (χ0) is 7.03. The minimum absolute atomic E-state index is 0.596. The van der Waals surface area contributed by atoms with Crippen LogP contribution in [-0.4, -0.2) is 13.2 Å². The molecule has 1 heteroatoms. The maximum atomic E-state index is 5.36. The molecule has 0 unspecified atom stereocenters. The van der Waals surface area contributed by atoms with Crippen LogP contribution in [0.5, 0.6) is 0 Å². The molecule has 2 aliphatic rings. The van der Waals surface area contributed by atoms with E-state index in [1.165, 1.54) is 19.3 Å². The average Bonchev–Trinajstić information content (AvgIpc) is 2.30. The molecule has 0 aromatic carbocycles. The second-order valence-corrected chi connectivity index (χ2v) is 3.71. The van der Waals surface area contributed by atoms with Gasteiger partial charge in [-0.1, -0.05) is 6.08 Å². The third-order valence-corrected chi connectivity index (χ3v) is 2.91. The molecule has 2 rings (SSSR count). The summed E-state index contributed by atoms with van der Waals surface area (Å²) >= 11 is 0. The third-order valence-electron chi connectivity index (χ3n) is 2.91. The van der Waals surface area contributed by atoms with E-state index in [9.17, 15) is 0 Å². The molecule has 0 aromatic heterocycles. The Hall–Kier alpha value is -0.300. The van der Waals surface area contributed by atoms with E-state index in [4.69, 9.17) is 4.74 Å². The summed E-state index contributed by atoms with van der Waals surface area (Å²) in [6, 6.07) is 0. The molecule has 1 heterocycles. The fraction of sp³-hybridized carbons (Fsp3) is 0.778. The molecule has 1 spiro atoms. The monoisotopic (exact) mass is 138 g/mol. The van der Waals surface area contributed by atoms with Gasteiger partial charge in [-0.2, -0.15) is 0 Å².